The number of nitrogens with zero attached hydrogens (tertiary/aromatic N) is 4. The summed E-state index contributed by atoms with van der Waals surface area (Å²) in [5, 5.41) is 4.53. The number of rotatable bonds is 7. The summed E-state index contributed by atoms with van der Waals surface area (Å²) < 4.78 is 7.11. The highest BCUT2D eigenvalue weighted by Gasteiger charge is 2.35. The van der Waals surface area contributed by atoms with Crippen LogP contribution in [0.3, 0.4) is 0 Å². The van der Waals surface area contributed by atoms with Crippen molar-refractivity contribution in [1.82, 2.24) is 19.6 Å². The van der Waals surface area contributed by atoms with E-state index in [0.29, 0.717) is 32.7 Å². The van der Waals surface area contributed by atoms with E-state index in [0.717, 1.165) is 23.5 Å². The van der Waals surface area contributed by atoms with Crippen LogP contribution in [-0.2, 0) is 27.4 Å². The molecule has 0 bridgehead atoms. The Hall–Kier alpha value is -1.89. The van der Waals surface area contributed by atoms with Crippen LogP contribution in [-0.4, -0.2) is 65.2 Å². The average Bonchev–Trinajstić information content (AvgIpc) is 3.03. The van der Waals surface area contributed by atoms with Gasteiger partial charge < -0.3 is 14.5 Å². The van der Waals surface area contributed by atoms with Crippen molar-refractivity contribution >= 4 is 11.8 Å². The number of carbonyl (C=O) groups excluding carboxylic acids is 2. The van der Waals surface area contributed by atoms with Crippen molar-refractivity contribution < 1.29 is 14.3 Å². The summed E-state index contributed by atoms with van der Waals surface area (Å²) in [5.74, 6) is -0.208. The molecule has 2 heterocycles. The summed E-state index contributed by atoms with van der Waals surface area (Å²) in [6.45, 7) is 8.85. The molecule has 1 atom stereocenters. The van der Waals surface area contributed by atoms with Gasteiger partial charge in [0.15, 0.2) is 0 Å². The molecule has 1 fully saturated rings. The Bertz CT molecular complexity index is 611. The van der Waals surface area contributed by atoms with Gasteiger partial charge in [-0.3, -0.25) is 14.3 Å². The maximum absolute atomic E-state index is 12.9. The van der Waals surface area contributed by atoms with Crippen molar-refractivity contribution in [2.24, 2.45) is 5.92 Å². The van der Waals surface area contributed by atoms with E-state index in [1.54, 1.807) is 24.0 Å². The van der Waals surface area contributed by atoms with E-state index < -0.39 is 0 Å². The van der Waals surface area contributed by atoms with E-state index in [4.69, 9.17) is 4.74 Å². The molecule has 0 N–H and O–H groups in total. The molecule has 1 aliphatic rings. The van der Waals surface area contributed by atoms with E-state index >= 15 is 0 Å². The Morgan fingerprint density at radius 2 is 2.12 bits per heavy atom. The lowest BCUT2D eigenvalue weighted by Gasteiger charge is -2.25. The predicted octanol–water partition coefficient (Wildman–Crippen LogP) is 0.973. The summed E-state index contributed by atoms with van der Waals surface area (Å²) >= 11 is 0. The molecular formula is C17H28N4O3. The number of methoxy groups -OCH3 is 1. The Morgan fingerprint density at radius 3 is 2.62 bits per heavy atom. The largest absolute Gasteiger partial charge is 0.383 e. The zero-order valence-electron chi connectivity index (χ0n) is 15.3. The van der Waals surface area contributed by atoms with Crippen molar-refractivity contribution in [2.45, 2.75) is 40.3 Å². The first kappa shape index (κ1) is 18.4. The Kier molecular flexibility index (Phi) is 5.99. The highest BCUT2D eigenvalue weighted by molar-refractivity contribution is 5.89. The molecule has 0 unspecified atom stereocenters. The zero-order chi connectivity index (χ0) is 17.9. The molecular weight excluding hydrogens is 308 g/mol. The molecule has 0 aliphatic carbocycles. The second-order valence-electron chi connectivity index (χ2n) is 6.39. The quantitative estimate of drug-likeness (QED) is 0.744. The molecule has 0 aromatic carbocycles. The fraction of sp³-hybridized carbons (Fsp3) is 0.706. The molecule has 0 radical (unpaired) electrons. The molecule has 24 heavy (non-hydrogen) atoms. The molecule has 2 amide bonds. The lowest BCUT2D eigenvalue weighted by Crippen LogP contribution is -2.39. The number of likely N-dealkylation sites (tertiary alicyclic amines) is 1. The van der Waals surface area contributed by atoms with Gasteiger partial charge in [0.25, 0.3) is 0 Å². The third-order valence-corrected chi connectivity index (χ3v) is 4.75. The topological polar surface area (TPSA) is 67.7 Å². The first-order valence-corrected chi connectivity index (χ1v) is 8.43. The van der Waals surface area contributed by atoms with Gasteiger partial charge in [-0.15, -0.1) is 0 Å². The summed E-state index contributed by atoms with van der Waals surface area (Å²) in [7, 11) is 3.37. The summed E-state index contributed by atoms with van der Waals surface area (Å²) in [5.41, 5.74) is 3.12. The molecule has 134 valence electrons. The van der Waals surface area contributed by atoms with Gasteiger partial charge >= 0.3 is 0 Å². The fourth-order valence-corrected chi connectivity index (χ4v) is 3.22. The molecule has 0 spiro atoms. The van der Waals surface area contributed by atoms with Crippen molar-refractivity contribution in [1.29, 1.82) is 0 Å². The number of amides is 2. The predicted molar refractivity (Wildman–Crippen MR) is 90.4 cm³/mol. The van der Waals surface area contributed by atoms with E-state index in [1.807, 2.05) is 18.5 Å². The number of aryl methyl sites for hydroxylation is 2. The van der Waals surface area contributed by atoms with Crippen LogP contribution in [0.1, 0.15) is 30.3 Å². The van der Waals surface area contributed by atoms with Crippen LogP contribution < -0.4 is 0 Å². The number of ether oxygens (including phenoxy) is 1. The minimum absolute atomic E-state index is 0.0211. The zero-order valence-corrected chi connectivity index (χ0v) is 15.3. The van der Waals surface area contributed by atoms with Gasteiger partial charge in [0, 0.05) is 58.0 Å². The van der Waals surface area contributed by atoms with Crippen molar-refractivity contribution in [3.05, 3.63) is 17.0 Å². The normalized spacial score (nSPS) is 17.6. The maximum atomic E-state index is 12.9. The molecule has 1 aromatic heterocycles. The van der Waals surface area contributed by atoms with Crippen LogP contribution in [0, 0.1) is 19.8 Å². The van der Waals surface area contributed by atoms with Gasteiger partial charge in [-0.1, -0.05) is 0 Å². The molecule has 1 aliphatic heterocycles. The van der Waals surface area contributed by atoms with E-state index in [2.05, 4.69) is 12.0 Å². The highest BCUT2D eigenvalue weighted by Crippen LogP contribution is 2.22. The lowest BCUT2D eigenvalue weighted by molar-refractivity contribution is -0.137. The second-order valence-corrected chi connectivity index (χ2v) is 6.39. The number of hydrogen-bond donors (Lipinski definition) is 0. The van der Waals surface area contributed by atoms with Crippen LogP contribution in [0.2, 0.25) is 0 Å². The second kappa shape index (κ2) is 7.79. The summed E-state index contributed by atoms with van der Waals surface area (Å²) in [4.78, 5) is 28.1. The van der Waals surface area contributed by atoms with Gasteiger partial charge in [-0.2, -0.15) is 5.10 Å². The van der Waals surface area contributed by atoms with E-state index in [9.17, 15) is 9.59 Å². The smallest absolute Gasteiger partial charge is 0.228 e. The number of hydrogen-bond acceptors (Lipinski definition) is 4. The van der Waals surface area contributed by atoms with Crippen LogP contribution in [0.25, 0.3) is 0 Å². The van der Waals surface area contributed by atoms with E-state index in [1.165, 1.54) is 0 Å². The molecule has 1 aromatic rings. The molecule has 1 saturated heterocycles. The van der Waals surface area contributed by atoms with Crippen LogP contribution in [0.5, 0.6) is 0 Å². The maximum Gasteiger partial charge on any atom is 0.228 e. The van der Waals surface area contributed by atoms with E-state index in [-0.39, 0.29) is 17.7 Å². The Labute approximate surface area is 143 Å². The monoisotopic (exact) mass is 336 g/mol. The minimum Gasteiger partial charge on any atom is -0.383 e. The molecule has 7 nitrogen and oxygen atoms in total. The SMILES string of the molecule is CCn1nc(C)c(CN(CCOC)C(=O)[C@H]2CC(=O)N(C)C2)c1C. The average molecular weight is 336 g/mol. The lowest BCUT2D eigenvalue weighted by atomic mass is 10.1. The number of carbonyl (C=O) groups is 2. The van der Waals surface area contributed by atoms with Gasteiger partial charge in [-0.25, -0.2) is 0 Å². The third-order valence-electron chi connectivity index (χ3n) is 4.75. The van der Waals surface area contributed by atoms with Gasteiger partial charge in [0.2, 0.25) is 11.8 Å². The summed E-state index contributed by atoms with van der Waals surface area (Å²) in [6, 6.07) is 0. The Balaban J connectivity index is 2.18. The molecule has 2 rings (SSSR count). The molecule has 7 heteroatoms. The van der Waals surface area contributed by atoms with Gasteiger partial charge in [0.1, 0.15) is 0 Å². The van der Waals surface area contributed by atoms with Crippen LogP contribution in [0.4, 0.5) is 0 Å². The third kappa shape index (κ3) is 3.77. The summed E-state index contributed by atoms with van der Waals surface area (Å²) in [6.07, 6.45) is 0.297. The highest BCUT2D eigenvalue weighted by atomic mass is 16.5. The standard InChI is InChI=1S/C17H28N4O3/c1-6-21-13(3)15(12(2)18-21)11-20(7-8-24-5)17(23)14-9-16(22)19(4)10-14/h14H,6-11H2,1-5H3/t14-/m0/s1. The van der Waals surface area contributed by atoms with Crippen LogP contribution in [0.15, 0.2) is 0 Å². The Morgan fingerprint density at radius 1 is 1.42 bits per heavy atom. The number of aromatic nitrogens is 2. The minimum atomic E-state index is -0.263. The fourth-order valence-electron chi connectivity index (χ4n) is 3.22. The first-order valence-electron chi connectivity index (χ1n) is 8.43. The molecule has 0 saturated carbocycles. The van der Waals surface area contributed by atoms with Crippen molar-refractivity contribution in [2.75, 3.05) is 33.9 Å². The van der Waals surface area contributed by atoms with Crippen LogP contribution >= 0.6 is 0 Å². The van der Waals surface area contributed by atoms with Gasteiger partial charge in [-0.05, 0) is 20.8 Å². The van der Waals surface area contributed by atoms with Crippen molar-refractivity contribution in [3.8, 4) is 0 Å². The van der Waals surface area contributed by atoms with Crippen molar-refractivity contribution in [3.63, 3.8) is 0 Å². The van der Waals surface area contributed by atoms with Gasteiger partial charge in [0.05, 0.1) is 18.2 Å². The first-order chi connectivity index (χ1) is 11.4.